The van der Waals surface area contributed by atoms with Crippen LogP contribution in [0.5, 0.6) is 0 Å². The minimum Gasteiger partial charge on any atom is -0.326 e. The van der Waals surface area contributed by atoms with Gasteiger partial charge in [0.05, 0.1) is 0 Å². The van der Waals surface area contributed by atoms with Gasteiger partial charge in [0.2, 0.25) is 11.9 Å². The Hall–Kier alpha value is -2.70. The van der Waals surface area contributed by atoms with E-state index < -0.39 is 0 Å². The van der Waals surface area contributed by atoms with E-state index in [1.54, 1.807) is 38.2 Å². The summed E-state index contributed by atoms with van der Waals surface area (Å²) in [6, 6.07) is 6.70. The van der Waals surface area contributed by atoms with Gasteiger partial charge in [0, 0.05) is 24.7 Å². The van der Waals surface area contributed by atoms with Crippen molar-refractivity contribution in [2.75, 3.05) is 10.6 Å². The average molecular weight is 273 g/mol. The van der Waals surface area contributed by atoms with Crippen LogP contribution in [0.1, 0.15) is 23.7 Å². The van der Waals surface area contributed by atoms with Gasteiger partial charge in [-0.25, -0.2) is 4.68 Å². The Bertz CT molecular complexity index is 635. The molecule has 20 heavy (non-hydrogen) atoms. The van der Waals surface area contributed by atoms with Crippen molar-refractivity contribution < 1.29 is 9.59 Å². The van der Waals surface area contributed by atoms with Crippen molar-refractivity contribution in [1.29, 1.82) is 0 Å². The number of carbonyl (C=O) groups excluding carboxylic acids is 2. The highest BCUT2D eigenvalue weighted by molar-refractivity contribution is 6.04. The van der Waals surface area contributed by atoms with Gasteiger partial charge < -0.3 is 5.32 Å². The van der Waals surface area contributed by atoms with Crippen LogP contribution in [0.4, 0.5) is 11.6 Å². The van der Waals surface area contributed by atoms with Crippen LogP contribution in [0, 0.1) is 0 Å². The standard InChI is InChI=1S/C13H15N5O2/c1-3-11(19)16-10-6-4-5-9(7-10)12(20)17-13-14-8-15-18(13)2/h4-8H,3H2,1-2H3,(H,16,19)(H,14,15,17,20). The molecule has 104 valence electrons. The van der Waals surface area contributed by atoms with Crippen molar-refractivity contribution in [3.05, 3.63) is 36.2 Å². The molecule has 0 spiro atoms. The van der Waals surface area contributed by atoms with Crippen molar-refractivity contribution in [2.24, 2.45) is 7.05 Å². The molecule has 0 radical (unpaired) electrons. The fourth-order valence-electron chi connectivity index (χ4n) is 1.57. The lowest BCUT2D eigenvalue weighted by atomic mass is 10.2. The maximum absolute atomic E-state index is 12.1. The van der Waals surface area contributed by atoms with Gasteiger partial charge in [-0.05, 0) is 18.2 Å². The van der Waals surface area contributed by atoms with Gasteiger partial charge in [0.25, 0.3) is 5.91 Å². The number of nitrogens with one attached hydrogen (secondary N) is 2. The molecule has 0 bridgehead atoms. The van der Waals surface area contributed by atoms with E-state index in [0.717, 1.165) is 0 Å². The SMILES string of the molecule is CCC(=O)Nc1cccc(C(=O)Nc2ncnn2C)c1. The smallest absolute Gasteiger partial charge is 0.258 e. The van der Waals surface area contributed by atoms with E-state index in [2.05, 4.69) is 20.7 Å². The molecule has 1 aromatic heterocycles. The van der Waals surface area contributed by atoms with Gasteiger partial charge in [-0.1, -0.05) is 13.0 Å². The molecular weight excluding hydrogens is 258 g/mol. The largest absolute Gasteiger partial charge is 0.326 e. The van der Waals surface area contributed by atoms with Crippen molar-refractivity contribution in [3.8, 4) is 0 Å². The van der Waals surface area contributed by atoms with Gasteiger partial charge >= 0.3 is 0 Å². The van der Waals surface area contributed by atoms with E-state index in [-0.39, 0.29) is 11.8 Å². The van der Waals surface area contributed by atoms with E-state index in [1.807, 2.05) is 0 Å². The van der Waals surface area contributed by atoms with Gasteiger partial charge in [-0.2, -0.15) is 10.1 Å². The molecule has 7 heteroatoms. The zero-order chi connectivity index (χ0) is 14.5. The highest BCUT2D eigenvalue weighted by atomic mass is 16.2. The molecule has 0 aliphatic heterocycles. The Kier molecular flexibility index (Phi) is 4.09. The van der Waals surface area contributed by atoms with Crippen molar-refractivity contribution >= 4 is 23.5 Å². The summed E-state index contributed by atoms with van der Waals surface area (Å²) in [5.41, 5.74) is 1.02. The molecule has 0 atom stereocenters. The van der Waals surface area contributed by atoms with Gasteiger partial charge in [0.1, 0.15) is 6.33 Å². The van der Waals surface area contributed by atoms with E-state index in [4.69, 9.17) is 0 Å². The Morgan fingerprint density at radius 1 is 1.30 bits per heavy atom. The summed E-state index contributed by atoms with van der Waals surface area (Å²) in [4.78, 5) is 27.3. The molecule has 2 N–H and O–H groups in total. The first-order chi connectivity index (χ1) is 9.60. The monoisotopic (exact) mass is 273 g/mol. The van der Waals surface area contributed by atoms with E-state index in [9.17, 15) is 9.59 Å². The Balaban J connectivity index is 2.12. The van der Waals surface area contributed by atoms with E-state index in [1.165, 1.54) is 11.0 Å². The predicted molar refractivity (Wildman–Crippen MR) is 74.3 cm³/mol. The molecule has 2 rings (SSSR count). The number of rotatable bonds is 4. The number of anilines is 2. The van der Waals surface area contributed by atoms with Gasteiger partial charge in [0.15, 0.2) is 0 Å². The molecule has 0 saturated carbocycles. The quantitative estimate of drug-likeness (QED) is 0.881. The minimum atomic E-state index is -0.311. The zero-order valence-corrected chi connectivity index (χ0v) is 11.3. The van der Waals surface area contributed by atoms with Crippen LogP contribution in [0.2, 0.25) is 0 Å². The summed E-state index contributed by atoms with van der Waals surface area (Å²) in [7, 11) is 1.68. The number of nitrogens with zero attached hydrogens (tertiary/aromatic N) is 3. The molecule has 2 aromatic rings. The van der Waals surface area contributed by atoms with Crippen molar-refractivity contribution in [1.82, 2.24) is 14.8 Å². The molecular formula is C13H15N5O2. The third-order valence-corrected chi connectivity index (χ3v) is 2.67. The summed E-state index contributed by atoms with van der Waals surface area (Å²) in [5, 5.41) is 9.21. The summed E-state index contributed by atoms with van der Waals surface area (Å²) in [6.45, 7) is 1.76. The second-order valence-electron chi connectivity index (χ2n) is 4.14. The number of amides is 2. The molecule has 0 unspecified atom stereocenters. The fourth-order valence-corrected chi connectivity index (χ4v) is 1.57. The highest BCUT2D eigenvalue weighted by Gasteiger charge is 2.10. The number of hydrogen-bond acceptors (Lipinski definition) is 4. The topological polar surface area (TPSA) is 88.9 Å². The fraction of sp³-hybridized carbons (Fsp3) is 0.231. The van der Waals surface area contributed by atoms with Crippen molar-refractivity contribution in [2.45, 2.75) is 13.3 Å². The number of carbonyl (C=O) groups is 2. The number of benzene rings is 1. The summed E-state index contributed by atoms with van der Waals surface area (Å²) >= 11 is 0. The first-order valence-corrected chi connectivity index (χ1v) is 6.15. The first kappa shape index (κ1) is 13.7. The molecule has 7 nitrogen and oxygen atoms in total. The van der Waals surface area contributed by atoms with Crippen LogP contribution >= 0.6 is 0 Å². The van der Waals surface area contributed by atoms with E-state index in [0.29, 0.717) is 23.6 Å². The maximum atomic E-state index is 12.1. The molecule has 0 saturated heterocycles. The van der Waals surface area contributed by atoms with Crippen molar-refractivity contribution in [3.63, 3.8) is 0 Å². The molecule has 1 aromatic carbocycles. The molecule has 1 heterocycles. The molecule has 0 aliphatic carbocycles. The Labute approximate surface area is 116 Å². The number of aromatic nitrogens is 3. The summed E-state index contributed by atoms with van der Waals surface area (Å²) < 4.78 is 1.46. The molecule has 2 amide bonds. The van der Waals surface area contributed by atoms with Crippen LogP contribution in [0.15, 0.2) is 30.6 Å². The lowest BCUT2D eigenvalue weighted by molar-refractivity contribution is -0.115. The Morgan fingerprint density at radius 2 is 2.10 bits per heavy atom. The van der Waals surface area contributed by atoms with Gasteiger partial charge in [-0.15, -0.1) is 0 Å². The van der Waals surface area contributed by atoms with Crippen LogP contribution in [-0.4, -0.2) is 26.6 Å². The van der Waals surface area contributed by atoms with Crippen LogP contribution in [-0.2, 0) is 11.8 Å². The number of aryl methyl sites for hydroxylation is 1. The third kappa shape index (κ3) is 3.19. The average Bonchev–Trinajstić information content (AvgIpc) is 2.84. The minimum absolute atomic E-state index is 0.101. The van der Waals surface area contributed by atoms with Gasteiger partial charge in [-0.3, -0.25) is 14.9 Å². The molecule has 0 fully saturated rings. The van der Waals surface area contributed by atoms with Crippen LogP contribution in [0.3, 0.4) is 0 Å². The van der Waals surface area contributed by atoms with Crippen LogP contribution in [0.25, 0.3) is 0 Å². The Morgan fingerprint density at radius 3 is 2.75 bits per heavy atom. The maximum Gasteiger partial charge on any atom is 0.258 e. The van der Waals surface area contributed by atoms with E-state index >= 15 is 0 Å². The number of hydrogen-bond donors (Lipinski definition) is 2. The second kappa shape index (κ2) is 5.96. The predicted octanol–water partition coefficient (Wildman–Crippen LogP) is 1.42. The first-order valence-electron chi connectivity index (χ1n) is 6.15. The third-order valence-electron chi connectivity index (χ3n) is 2.67. The second-order valence-corrected chi connectivity index (χ2v) is 4.14. The van der Waals surface area contributed by atoms with Crippen LogP contribution < -0.4 is 10.6 Å². The highest BCUT2D eigenvalue weighted by Crippen LogP contribution is 2.12. The lowest BCUT2D eigenvalue weighted by Crippen LogP contribution is -2.16. The molecule has 0 aliphatic rings. The summed E-state index contributed by atoms with van der Waals surface area (Å²) in [5.74, 6) is -0.0532. The summed E-state index contributed by atoms with van der Waals surface area (Å²) in [6.07, 6.45) is 1.74. The normalized spacial score (nSPS) is 10.1. The lowest BCUT2D eigenvalue weighted by Gasteiger charge is -2.07. The zero-order valence-electron chi connectivity index (χ0n) is 11.3.